The number of ether oxygens (including phenoxy) is 2. The standard InChI is InChI=1S/C14H20O4/c1-10(2)9-17-7-6-12-8-11(3)4-5-13(12)18-14(15)16/h4-5,8,10H,6-7,9H2,1-3H3,(H,15,16). The van der Waals surface area contributed by atoms with Gasteiger partial charge in [0.1, 0.15) is 5.75 Å². The Bertz CT molecular complexity index is 399. The molecule has 0 radical (unpaired) electrons. The van der Waals surface area contributed by atoms with Gasteiger partial charge in [-0.25, -0.2) is 4.79 Å². The van der Waals surface area contributed by atoms with Gasteiger partial charge in [-0.2, -0.15) is 0 Å². The fourth-order valence-electron chi connectivity index (χ4n) is 1.60. The first-order chi connectivity index (χ1) is 8.49. The molecule has 4 heteroatoms. The van der Waals surface area contributed by atoms with Crippen LogP contribution in [0.25, 0.3) is 0 Å². The van der Waals surface area contributed by atoms with Gasteiger partial charge in [-0.3, -0.25) is 0 Å². The van der Waals surface area contributed by atoms with Crippen molar-refractivity contribution in [2.75, 3.05) is 13.2 Å². The van der Waals surface area contributed by atoms with Gasteiger partial charge >= 0.3 is 6.16 Å². The second-order valence-electron chi connectivity index (χ2n) is 4.70. The molecule has 0 unspecified atom stereocenters. The third-order valence-corrected chi connectivity index (χ3v) is 2.38. The lowest BCUT2D eigenvalue weighted by Gasteiger charge is -2.10. The molecule has 1 N–H and O–H groups in total. The van der Waals surface area contributed by atoms with Crippen molar-refractivity contribution in [3.63, 3.8) is 0 Å². The van der Waals surface area contributed by atoms with Crippen LogP contribution in [0, 0.1) is 12.8 Å². The number of rotatable bonds is 6. The summed E-state index contributed by atoms with van der Waals surface area (Å²) in [6.45, 7) is 7.42. The van der Waals surface area contributed by atoms with Gasteiger partial charge in [-0.05, 0) is 30.9 Å². The van der Waals surface area contributed by atoms with Gasteiger partial charge < -0.3 is 14.6 Å². The van der Waals surface area contributed by atoms with Gasteiger partial charge in [0, 0.05) is 6.61 Å². The zero-order chi connectivity index (χ0) is 13.5. The van der Waals surface area contributed by atoms with Crippen LogP contribution in [0.2, 0.25) is 0 Å². The average molecular weight is 252 g/mol. The second-order valence-corrected chi connectivity index (χ2v) is 4.70. The quantitative estimate of drug-likeness (QED) is 0.479. The molecule has 0 fully saturated rings. The molecule has 1 rings (SSSR count). The lowest BCUT2D eigenvalue weighted by molar-refractivity contribution is 0.111. The Morgan fingerprint density at radius 2 is 2.11 bits per heavy atom. The summed E-state index contributed by atoms with van der Waals surface area (Å²) >= 11 is 0. The van der Waals surface area contributed by atoms with Crippen molar-refractivity contribution in [2.24, 2.45) is 5.92 Å². The minimum atomic E-state index is -1.29. The van der Waals surface area contributed by atoms with Crippen LogP contribution in [0.1, 0.15) is 25.0 Å². The molecule has 0 amide bonds. The van der Waals surface area contributed by atoms with Crippen molar-refractivity contribution >= 4 is 6.16 Å². The minimum Gasteiger partial charge on any atom is -0.449 e. The number of aryl methyl sites for hydroxylation is 1. The van der Waals surface area contributed by atoms with Gasteiger partial charge in [-0.15, -0.1) is 0 Å². The van der Waals surface area contributed by atoms with Crippen molar-refractivity contribution in [1.82, 2.24) is 0 Å². The van der Waals surface area contributed by atoms with Gasteiger partial charge in [-0.1, -0.05) is 31.5 Å². The Morgan fingerprint density at radius 1 is 1.39 bits per heavy atom. The van der Waals surface area contributed by atoms with Crippen LogP contribution in [-0.4, -0.2) is 24.5 Å². The highest BCUT2D eigenvalue weighted by molar-refractivity contribution is 5.62. The Labute approximate surface area is 108 Å². The molecule has 0 bridgehead atoms. The summed E-state index contributed by atoms with van der Waals surface area (Å²) in [5, 5.41) is 8.65. The number of hydrogen-bond acceptors (Lipinski definition) is 3. The summed E-state index contributed by atoms with van der Waals surface area (Å²) in [6, 6.07) is 5.44. The first kappa shape index (κ1) is 14.5. The molecule has 1 aromatic carbocycles. The van der Waals surface area contributed by atoms with E-state index in [1.807, 2.05) is 19.1 Å². The van der Waals surface area contributed by atoms with Gasteiger partial charge in [0.25, 0.3) is 0 Å². The smallest absolute Gasteiger partial charge is 0.449 e. The summed E-state index contributed by atoms with van der Waals surface area (Å²) in [5.74, 6) is 0.887. The zero-order valence-electron chi connectivity index (χ0n) is 11.1. The average Bonchev–Trinajstić information content (AvgIpc) is 2.27. The summed E-state index contributed by atoms with van der Waals surface area (Å²) in [7, 11) is 0. The van der Waals surface area contributed by atoms with Crippen molar-refractivity contribution in [1.29, 1.82) is 0 Å². The van der Waals surface area contributed by atoms with Crippen molar-refractivity contribution in [2.45, 2.75) is 27.2 Å². The Hall–Kier alpha value is -1.55. The molecule has 0 aliphatic rings. The van der Waals surface area contributed by atoms with Crippen LogP contribution in [0.3, 0.4) is 0 Å². The zero-order valence-corrected chi connectivity index (χ0v) is 11.1. The third kappa shape index (κ3) is 5.19. The fourth-order valence-corrected chi connectivity index (χ4v) is 1.60. The normalized spacial score (nSPS) is 10.7. The molecule has 100 valence electrons. The van der Waals surface area contributed by atoms with Crippen LogP contribution >= 0.6 is 0 Å². The minimum absolute atomic E-state index is 0.390. The lowest BCUT2D eigenvalue weighted by atomic mass is 10.1. The van der Waals surface area contributed by atoms with Gasteiger partial charge in [0.15, 0.2) is 0 Å². The molecular formula is C14H20O4. The molecule has 0 aliphatic heterocycles. The number of carbonyl (C=O) groups is 1. The van der Waals surface area contributed by atoms with E-state index in [0.29, 0.717) is 31.3 Å². The Balaban J connectivity index is 2.61. The van der Waals surface area contributed by atoms with E-state index < -0.39 is 6.16 Å². The highest BCUT2D eigenvalue weighted by Gasteiger charge is 2.08. The highest BCUT2D eigenvalue weighted by atomic mass is 16.7. The molecule has 0 heterocycles. The van der Waals surface area contributed by atoms with Crippen LogP contribution in [0.4, 0.5) is 4.79 Å². The predicted octanol–water partition coefficient (Wildman–Crippen LogP) is 3.27. The van der Waals surface area contributed by atoms with Crippen molar-refractivity contribution in [3.05, 3.63) is 29.3 Å². The Kier molecular flexibility index (Phi) is 5.65. The van der Waals surface area contributed by atoms with Crippen molar-refractivity contribution < 1.29 is 19.4 Å². The van der Waals surface area contributed by atoms with E-state index in [0.717, 1.165) is 11.1 Å². The topological polar surface area (TPSA) is 55.8 Å². The number of benzene rings is 1. The summed E-state index contributed by atoms with van der Waals surface area (Å²) in [5.41, 5.74) is 1.94. The molecule has 0 saturated carbocycles. The first-order valence-corrected chi connectivity index (χ1v) is 6.07. The first-order valence-electron chi connectivity index (χ1n) is 6.07. The van der Waals surface area contributed by atoms with E-state index in [-0.39, 0.29) is 0 Å². The molecule has 1 aromatic rings. The molecule has 0 aliphatic carbocycles. The maximum Gasteiger partial charge on any atom is 0.511 e. The molecule has 0 saturated heterocycles. The highest BCUT2D eigenvalue weighted by Crippen LogP contribution is 2.21. The monoisotopic (exact) mass is 252 g/mol. The van der Waals surface area contributed by atoms with E-state index in [2.05, 4.69) is 13.8 Å². The van der Waals surface area contributed by atoms with Crippen LogP contribution in [-0.2, 0) is 11.2 Å². The van der Waals surface area contributed by atoms with E-state index >= 15 is 0 Å². The maximum absolute atomic E-state index is 10.6. The van der Waals surface area contributed by atoms with Crippen LogP contribution < -0.4 is 4.74 Å². The molecular weight excluding hydrogens is 232 g/mol. The van der Waals surface area contributed by atoms with Crippen LogP contribution in [0.15, 0.2) is 18.2 Å². The summed E-state index contributed by atoms with van der Waals surface area (Å²) in [4.78, 5) is 10.6. The maximum atomic E-state index is 10.6. The lowest BCUT2D eigenvalue weighted by Crippen LogP contribution is -2.09. The third-order valence-electron chi connectivity index (χ3n) is 2.38. The number of carboxylic acid groups (broad SMARTS) is 1. The van der Waals surface area contributed by atoms with Gasteiger partial charge in [0.2, 0.25) is 0 Å². The van der Waals surface area contributed by atoms with Crippen LogP contribution in [0.5, 0.6) is 5.75 Å². The van der Waals surface area contributed by atoms with Gasteiger partial charge in [0.05, 0.1) is 6.61 Å². The number of hydrogen-bond donors (Lipinski definition) is 1. The summed E-state index contributed by atoms with van der Waals surface area (Å²) in [6.07, 6.45) is -0.639. The summed E-state index contributed by atoms with van der Waals surface area (Å²) < 4.78 is 10.2. The second kappa shape index (κ2) is 7.01. The van der Waals surface area contributed by atoms with E-state index in [4.69, 9.17) is 14.6 Å². The van der Waals surface area contributed by atoms with E-state index in [1.54, 1.807) is 6.07 Å². The van der Waals surface area contributed by atoms with E-state index in [9.17, 15) is 4.79 Å². The molecule has 4 nitrogen and oxygen atoms in total. The molecule has 0 spiro atoms. The van der Waals surface area contributed by atoms with E-state index in [1.165, 1.54) is 0 Å². The SMILES string of the molecule is Cc1ccc(OC(=O)O)c(CCOCC(C)C)c1. The molecule has 18 heavy (non-hydrogen) atoms. The molecule has 0 atom stereocenters. The Morgan fingerprint density at radius 3 is 2.72 bits per heavy atom. The van der Waals surface area contributed by atoms with Crippen molar-refractivity contribution in [3.8, 4) is 5.75 Å². The predicted molar refractivity (Wildman–Crippen MR) is 69.2 cm³/mol. The largest absolute Gasteiger partial charge is 0.511 e. The fraction of sp³-hybridized carbons (Fsp3) is 0.500. The molecule has 0 aromatic heterocycles.